The molecule has 0 spiro atoms. The van der Waals surface area contributed by atoms with E-state index in [9.17, 15) is 24.8 Å². The predicted octanol–water partition coefficient (Wildman–Crippen LogP) is 6.75. The number of benzene rings is 5. The minimum Gasteiger partial charge on any atom is -0.480 e. The summed E-state index contributed by atoms with van der Waals surface area (Å²) >= 11 is 0. The first-order chi connectivity index (χ1) is 19.4. The van der Waals surface area contributed by atoms with Gasteiger partial charge in [-0.2, -0.15) is 0 Å². The maximum Gasteiger partial charge on any atom is 0.326 e. The maximum absolute atomic E-state index is 13.8. The second kappa shape index (κ2) is 11.6. The van der Waals surface area contributed by atoms with Gasteiger partial charge in [-0.15, -0.1) is 0 Å². The lowest BCUT2D eigenvalue weighted by Crippen LogP contribution is -2.46. The number of carboxylic acids is 1. The number of carboxylic acid groups (broad SMARTS) is 1. The molecule has 5 rings (SSSR count). The van der Waals surface area contributed by atoms with E-state index in [0.717, 1.165) is 33.0 Å². The quantitative estimate of drug-likeness (QED) is 0.168. The molecule has 5 aromatic carbocycles. The molecule has 1 atom stereocenters. The number of nitrogens with zero attached hydrogens (tertiary/aromatic N) is 2. The highest BCUT2D eigenvalue weighted by Gasteiger charge is 2.31. The van der Waals surface area contributed by atoms with Crippen LogP contribution in [-0.4, -0.2) is 32.8 Å². The number of carbonyl (C=O) groups excluding carboxylic acids is 1. The minimum atomic E-state index is -1.18. The van der Waals surface area contributed by atoms with Crippen LogP contribution in [0, 0.1) is 10.1 Å². The van der Waals surface area contributed by atoms with Crippen LogP contribution in [0.25, 0.3) is 21.9 Å². The van der Waals surface area contributed by atoms with Gasteiger partial charge >= 0.3 is 5.97 Å². The Bertz CT molecular complexity index is 1660. The number of hydrogen-bond donors (Lipinski definition) is 1. The Hall–Kier alpha value is -5.30. The fraction of sp³-hybridized carbons (Fsp3) is 0.0909. The number of aliphatic carboxylic acids is 1. The number of amides is 1. The van der Waals surface area contributed by atoms with Gasteiger partial charge < -0.3 is 10.0 Å². The van der Waals surface area contributed by atoms with Crippen molar-refractivity contribution in [1.29, 1.82) is 0 Å². The number of hydrogen-bond acceptors (Lipinski definition) is 4. The van der Waals surface area contributed by atoms with E-state index in [1.807, 2.05) is 97.1 Å². The molecular weight excluding hydrogens is 504 g/mol. The Morgan fingerprint density at radius 3 is 2.05 bits per heavy atom. The zero-order valence-electron chi connectivity index (χ0n) is 21.5. The number of nitro groups is 1. The van der Waals surface area contributed by atoms with E-state index in [0.29, 0.717) is 0 Å². The number of rotatable bonds is 9. The van der Waals surface area contributed by atoms with Crippen molar-refractivity contribution in [2.45, 2.75) is 19.0 Å². The molecule has 198 valence electrons. The second-order valence-corrected chi connectivity index (χ2v) is 9.50. The van der Waals surface area contributed by atoms with Crippen molar-refractivity contribution >= 4 is 28.3 Å². The molecule has 0 radical (unpaired) electrons. The van der Waals surface area contributed by atoms with Crippen LogP contribution in [0.1, 0.15) is 21.5 Å². The summed E-state index contributed by atoms with van der Waals surface area (Å²) in [6, 6.07) is 35.0. The molecule has 5 aromatic rings. The molecule has 7 heteroatoms. The van der Waals surface area contributed by atoms with E-state index in [4.69, 9.17) is 0 Å². The fourth-order valence-corrected chi connectivity index (χ4v) is 4.85. The minimum absolute atomic E-state index is 0.0518. The molecule has 0 bridgehead atoms. The first-order valence-electron chi connectivity index (χ1n) is 12.8. The molecular formula is C33H26N2O5. The van der Waals surface area contributed by atoms with Gasteiger partial charge in [0.05, 0.1) is 4.92 Å². The maximum atomic E-state index is 13.8. The van der Waals surface area contributed by atoms with Crippen molar-refractivity contribution in [2.75, 3.05) is 0 Å². The Labute approximate surface area is 231 Å². The third kappa shape index (κ3) is 5.73. The second-order valence-electron chi connectivity index (χ2n) is 9.50. The van der Waals surface area contributed by atoms with Crippen LogP contribution < -0.4 is 0 Å². The molecule has 0 aliphatic carbocycles. The first-order valence-corrected chi connectivity index (χ1v) is 12.8. The van der Waals surface area contributed by atoms with Gasteiger partial charge in [0.25, 0.3) is 11.6 Å². The third-order valence-electron chi connectivity index (χ3n) is 6.96. The van der Waals surface area contributed by atoms with Gasteiger partial charge in [-0.3, -0.25) is 14.9 Å². The van der Waals surface area contributed by atoms with Crippen LogP contribution in [0.2, 0.25) is 0 Å². The summed E-state index contributed by atoms with van der Waals surface area (Å²) in [6.45, 7) is 0.0518. The van der Waals surface area contributed by atoms with Crippen LogP contribution in [0.5, 0.6) is 0 Å². The van der Waals surface area contributed by atoms with Crippen molar-refractivity contribution in [3.05, 3.63) is 148 Å². The topological polar surface area (TPSA) is 101 Å². The normalized spacial score (nSPS) is 11.6. The Morgan fingerprint density at radius 1 is 0.750 bits per heavy atom. The fourth-order valence-electron chi connectivity index (χ4n) is 4.85. The third-order valence-corrected chi connectivity index (χ3v) is 6.96. The largest absolute Gasteiger partial charge is 0.480 e. The zero-order chi connectivity index (χ0) is 28.1. The molecule has 0 saturated heterocycles. The lowest BCUT2D eigenvalue weighted by molar-refractivity contribution is -0.384. The predicted molar refractivity (Wildman–Crippen MR) is 154 cm³/mol. The summed E-state index contributed by atoms with van der Waals surface area (Å²) in [5.74, 6) is -1.65. The standard InChI is InChI=1S/C33H26N2O5/c36-32(27-17-19-29(20-18-27)35(39)40)34(22-28-11-6-10-26-9-4-5-12-30(26)28)31(33(37)38)21-23-13-15-25(16-14-23)24-7-2-1-3-8-24/h1-20,31H,21-22H2,(H,37,38)/t31-/m0/s1. The van der Waals surface area contributed by atoms with Crippen molar-refractivity contribution in [3.8, 4) is 11.1 Å². The molecule has 0 saturated carbocycles. The van der Waals surface area contributed by atoms with E-state index in [-0.39, 0.29) is 24.2 Å². The van der Waals surface area contributed by atoms with Crippen LogP contribution in [-0.2, 0) is 17.8 Å². The SMILES string of the molecule is O=C(O)[C@H](Cc1ccc(-c2ccccc2)cc1)N(Cc1cccc2ccccc12)C(=O)c1ccc([N+](=O)[O-])cc1. The summed E-state index contributed by atoms with van der Waals surface area (Å²) in [5, 5.41) is 23.4. The zero-order valence-corrected chi connectivity index (χ0v) is 21.5. The lowest BCUT2D eigenvalue weighted by Gasteiger charge is -2.30. The molecule has 0 aliphatic heterocycles. The molecule has 1 amide bonds. The lowest BCUT2D eigenvalue weighted by atomic mass is 9.98. The number of nitro benzene ring substituents is 1. The number of non-ortho nitro benzene ring substituents is 1. The molecule has 0 aliphatic rings. The van der Waals surface area contributed by atoms with E-state index in [2.05, 4.69) is 0 Å². The summed E-state index contributed by atoms with van der Waals surface area (Å²) in [4.78, 5) is 38.5. The van der Waals surface area contributed by atoms with Crippen molar-refractivity contribution in [2.24, 2.45) is 0 Å². The Morgan fingerprint density at radius 2 is 1.38 bits per heavy atom. The van der Waals surface area contributed by atoms with Gasteiger partial charge in [0.1, 0.15) is 6.04 Å². The van der Waals surface area contributed by atoms with Gasteiger partial charge in [-0.1, -0.05) is 97.1 Å². The Kier molecular flexibility index (Phi) is 7.64. The van der Waals surface area contributed by atoms with Crippen LogP contribution in [0.3, 0.4) is 0 Å². The molecule has 0 fully saturated rings. The van der Waals surface area contributed by atoms with Gasteiger partial charge in [-0.25, -0.2) is 4.79 Å². The number of carbonyl (C=O) groups is 2. The van der Waals surface area contributed by atoms with Gasteiger partial charge in [0, 0.05) is 30.7 Å². The van der Waals surface area contributed by atoms with Gasteiger partial charge in [0.15, 0.2) is 0 Å². The first kappa shape index (κ1) is 26.3. The van der Waals surface area contributed by atoms with Gasteiger partial charge in [0.2, 0.25) is 0 Å². The molecule has 1 N–H and O–H groups in total. The van der Waals surface area contributed by atoms with Crippen LogP contribution in [0.15, 0.2) is 121 Å². The summed E-state index contributed by atoms with van der Waals surface area (Å²) in [7, 11) is 0. The van der Waals surface area contributed by atoms with Crippen LogP contribution in [0.4, 0.5) is 5.69 Å². The van der Waals surface area contributed by atoms with E-state index in [1.165, 1.54) is 29.2 Å². The van der Waals surface area contributed by atoms with E-state index in [1.54, 1.807) is 0 Å². The smallest absolute Gasteiger partial charge is 0.326 e. The molecule has 7 nitrogen and oxygen atoms in total. The highest BCUT2D eigenvalue weighted by Crippen LogP contribution is 2.25. The molecule has 0 aromatic heterocycles. The molecule has 0 heterocycles. The van der Waals surface area contributed by atoms with Crippen molar-refractivity contribution < 1.29 is 19.6 Å². The number of fused-ring (bicyclic) bond motifs is 1. The van der Waals surface area contributed by atoms with Crippen molar-refractivity contribution in [3.63, 3.8) is 0 Å². The van der Waals surface area contributed by atoms with Crippen LogP contribution >= 0.6 is 0 Å². The van der Waals surface area contributed by atoms with E-state index < -0.39 is 22.8 Å². The monoisotopic (exact) mass is 530 g/mol. The molecule has 40 heavy (non-hydrogen) atoms. The van der Waals surface area contributed by atoms with E-state index >= 15 is 0 Å². The molecule has 0 unspecified atom stereocenters. The highest BCUT2D eigenvalue weighted by atomic mass is 16.6. The van der Waals surface area contributed by atoms with Crippen molar-refractivity contribution in [1.82, 2.24) is 4.90 Å². The Balaban J connectivity index is 1.51. The highest BCUT2D eigenvalue weighted by molar-refractivity contribution is 5.97. The average molecular weight is 531 g/mol. The average Bonchev–Trinajstić information content (AvgIpc) is 2.99. The summed E-state index contributed by atoms with van der Waals surface area (Å²) in [6.07, 6.45) is 0.0912. The van der Waals surface area contributed by atoms with Gasteiger partial charge in [-0.05, 0) is 45.2 Å². The summed E-state index contributed by atoms with van der Waals surface area (Å²) in [5.41, 5.74) is 3.66. The summed E-state index contributed by atoms with van der Waals surface area (Å²) < 4.78 is 0.